The van der Waals surface area contributed by atoms with Crippen LogP contribution in [0.3, 0.4) is 0 Å². The van der Waals surface area contributed by atoms with Gasteiger partial charge in [-0.1, -0.05) is 18.2 Å². The fourth-order valence-corrected chi connectivity index (χ4v) is 3.34. The van der Waals surface area contributed by atoms with Crippen LogP contribution >= 0.6 is 0 Å². The number of hydrogen-bond donors (Lipinski definition) is 3. The van der Waals surface area contributed by atoms with Gasteiger partial charge in [-0.2, -0.15) is 0 Å². The van der Waals surface area contributed by atoms with Crippen LogP contribution in [-0.4, -0.2) is 23.6 Å². The predicted octanol–water partition coefficient (Wildman–Crippen LogP) is 2.97. The molecule has 4 heteroatoms. The zero-order valence-corrected chi connectivity index (χ0v) is 12.3. The number of para-hydroxylation sites is 1. The number of rotatable bonds is 4. The molecule has 2 saturated carbocycles. The molecular weight excluding hydrogens is 262 g/mol. The summed E-state index contributed by atoms with van der Waals surface area (Å²) in [4.78, 5) is 15.3. The number of nitrogens with one attached hydrogen (secondary N) is 3. The number of carbonyl (C=O) groups is 1. The lowest BCUT2D eigenvalue weighted by Gasteiger charge is -2.17. The first-order chi connectivity index (χ1) is 10.2. The van der Waals surface area contributed by atoms with Gasteiger partial charge in [0.25, 0.3) is 0 Å². The molecular formula is C17H21N3O. The highest BCUT2D eigenvalue weighted by Gasteiger charge is 2.47. The van der Waals surface area contributed by atoms with E-state index in [0.717, 1.165) is 32.2 Å². The second-order valence-electron chi connectivity index (χ2n) is 6.55. The number of fused-ring (bicyclic) bond motifs is 1. The van der Waals surface area contributed by atoms with Crippen molar-refractivity contribution >= 4 is 16.9 Å². The van der Waals surface area contributed by atoms with Gasteiger partial charge in [-0.15, -0.1) is 0 Å². The maximum atomic E-state index is 11.9. The van der Waals surface area contributed by atoms with E-state index in [1.54, 1.807) is 0 Å². The monoisotopic (exact) mass is 283 g/mol. The molecule has 1 aromatic heterocycles. The number of carbonyl (C=O) groups excluding carboxylic acids is 1. The molecule has 0 unspecified atom stereocenters. The number of amides is 2. The van der Waals surface area contributed by atoms with E-state index < -0.39 is 0 Å². The van der Waals surface area contributed by atoms with Gasteiger partial charge in [0.15, 0.2) is 0 Å². The second-order valence-corrected chi connectivity index (χ2v) is 6.55. The molecule has 110 valence electrons. The van der Waals surface area contributed by atoms with Gasteiger partial charge in [-0.05, 0) is 44.2 Å². The SMILES string of the molecule is Cc1[nH]c2ccccc2c1C1(CNC(=O)NC2CC2)CC1. The fraction of sp³-hybridized carbons (Fsp3) is 0.471. The Bertz CT molecular complexity index is 695. The van der Waals surface area contributed by atoms with Crippen molar-refractivity contribution < 1.29 is 4.79 Å². The summed E-state index contributed by atoms with van der Waals surface area (Å²) >= 11 is 0. The molecule has 3 N–H and O–H groups in total. The van der Waals surface area contributed by atoms with E-state index in [0.29, 0.717) is 6.04 Å². The molecule has 21 heavy (non-hydrogen) atoms. The summed E-state index contributed by atoms with van der Waals surface area (Å²) in [6.45, 7) is 2.87. The van der Waals surface area contributed by atoms with Gasteiger partial charge in [-0.25, -0.2) is 4.79 Å². The highest BCUT2D eigenvalue weighted by molar-refractivity contribution is 5.86. The van der Waals surface area contributed by atoms with E-state index in [9.17, 15) is 4.79 Å². The molecule has 2 aromatic rings. The van der Waals surface area contributed by atoms with Gasteiger partial charge in [0, 0.05) is 34.6 Å². The lowest BCUT2D eigenvalue weighted by Crippen LogP contribution is -2.40. The van der Waals surface area contributed by atoms with Crippen molar-refractivity contribution in [3.8, 4) is 0 Å². The van der Waals surface area contributed by atoms with Gasteiger partial charge >= 0.3 is 6.03 Å². The molecule has 2 amide bonds. The summed E-state index contributed by atoms with van der Waals surface area (Å²) < 4.78 is 0. The molecule has 0 aliphatic heterocycles. The fourth-order valence-electron chi connectivity index (χ4n) is 3.34. The number of hydrogen-bond acceptors (Lipinski definition) is 1. The normalized spacial score (nSPS) is 19.5. The molecule has 0 bridgehead atoms. The van der Waals surface area contributed by atoms with Crippen LogP contribution < -0.4 is 10.6 Å². The van der Waals surface area contributed by atoms with Gasteiger partial charge in [-0.3, -0.25) is 0 Å². The minimum atomic E-state index is -0.0127. The Morgan fingerprint density at radius 3 is 2.81 bits per heavy atom. The number of benzene rings is 1. The quantitative estimate of drug-likeness (QED) is 0.794. The van der Waals surface area contributed by atoms with E-state index in [4.69, 9.17) is 0 Å². The lowest BCUT2D eigenvalue weighted by molar-refractivity contribution is 0.239. The minimum absolute atomic E-state index is 0.0127. The third kappa shape index (κ3) is 2.28. The van der Waals surface area contributed by atoms with Crippen molar-refractivity contribution in [3.63, 3.8) is 0 Å². The Morgan fingerprint density at radius 2 is 2.10 bits per heavy atom. The maximum Gasteiger partial charge on any atom is 0.315 e. The summed E-state index contributed by atoms with van der Waals surface area (Å²) in [7, 11) is 0. The topological polar surface area (TPSA) is 56.9 Å². The second kappa shape index (κ2) is 4.52. The third-order valence-corrected chi connectivity index (χ3v) is 4.78. The number of aromatic amines is 1. The molecule has 1 aromatic carbocycles. The van der Waals surface area contributed by atoms with Crippen molar-refractivity contribution in [3.05, 3.63) is 35.5 Å². The third-order valence-electron chi connectivity index (χ3n) is 4.78. The Hall–Kier alpha value is -1.97. The molecule has 0 radical (unpaired) electrons. The Labute approximate surface area is 124 Å². The van der Waals surface area contributed by atoms with E-state index in [1.807, 2.05) is 0 Å². The highest BCUT2D eigenvalue weighted by Crippen LogP contribution is 2.51. The minimum Gasteiger partial charge on any atom is -0.358 e. The highest BCUT2D eigenvalue weighted by atomic mass is 16.2. The van der Waals surface area contributed by atoms with Crippen molar-refractivity contribution in [2.45, 2.75) is 44.1 Å². The number of urea groups is 1. The first-order valence-electron chi connectivity index (χ1n) is 7.80. The summed E-state index contributed by atoms with van der Waals surface area (Å²) in [5.41, 5.74) is 3.95. The van der Waals surface area contributed by atoms with Crippen LogP contribution in [0.5, 0.6) is 0 Å². The summed E-state index contributed by atoms with van der Waals surface area (Å²) in [5.74, 6) is 0. The molecule has 0 atom stereocenters. The van der Waals surface area contributed by atoms with E-state index in [2.05, 4.69) is 46.8 Å². The van der Waals surface area contributed by atoms with Crippen LogP contribution in [0.25, 0.3) is 10.9 Å². The van der Waals surface area contributed by atoms with Crippen LogP contribution in [0.15, 0.2) is 24.3 Å². The lowest BCUT2D eigenvalue weighted by atomic mass is 9.93. The summed E-state index contributed by atoms with van der Waals surface area (Å²) in [6, 6.07) is 8.84. The van der Waals surface area contributed by atoms with Crippen LogP contribution in [0.1, 0.15) is 36.9 Å². The average molecular weight is 283 g/mol. The molecule has 0 saturated heterocycles. The zero-order valence-electron chi connectivity index (χ0n) is 12.3. The molecule has 2 fully saturated rings. The molecule has 1 heterocycles. The van der Waals surface area contributed by atoms with E-state index in [1.165, 1.54) is 22.2 Å². The van der Waals surface area contributed by atoms with Crippen LogP contribution in [0, 0.1) is 6.92 Å². The summed E-state index contributed by atoms with van der Waals surface area (Å²) in [6.07, 6.45) is 4.55. The number of H-pyrrole nitrogens is 1. The van der Waals surface area contributed by atoms with Crippen molar-refractivity contribution in [2.24, 2.45) is 0 Å². The Morgan fingerprint density at radius 1 is 1.33 bits per heavy atom. The van der Waals surface area contributed by atoms with Crippen molar-refractivity contribution in [1.82, 2.24) is 15.6 Å². The molecule has 2 aliphatic rings. The van der Waals surface area contributed by atoms with Crippen molar-refractivity contribution in [2.75, 3.05) is 6.54 Å². The van der Waals surface area contributed by atoms with Gasteiger partial charge in [0.2, 0.25) is 0 Å². The van der Waals surface area contributed by atoms with Gasteiger partial charge < -0.3 is 15.6 Å². The molecule has 4 rings (SSSR count). The zero-order chi connectivity index (χ0) is 14.4. The van der Waals surface area contributed by atoms with Crippen LogP contribution in [0.2, 0.25) is 0 Å². The number of aryl methyl sites for hydroxylation is 1. The molecule has 2 aliphatic carbocycles. The Balaban J connectivity index is 1.55. The first-order valence-corrected chi connectivity index (χ1v) is 7.80. The van der Waals surface area contributed by atoms with Gasteiger partial charge in [0.05, 0.1) is 0 Å². The maximum absolute atomic E-state index is 11.9. The van der Waals surface area contributed by atoms with Crippen LogP contribution in [-0.2, 0) is 5.41 Å². The largest absolute Gasteiger partial charge is 0.358 e. The number of aromatic nitrogens is 1. The van der Waals surface area contributed by atoms with Crippen molar-refractivity contribution in [1.29, 1.82) is 0 Å². The molecule has 4 nitrogen and oxygen atoms in total. The van der Waals surface area contributed by atoms with E-state index in [-0.39, 0.29) is 11.4 Å². The smallest absolute Gasteiger partial charge is 0.315 e. The van der Waals surface area contributed by atoms with E-state index >= 15 is 0 Å². The summed E-state index contributed by atoms with van der Waals surface area (Å²) in [5, 5.41) is 7.37. The van der Waals surface area contributed by atoms with Gasteiger partial charge in [0.1, 0.15) is 0 Å². The van der Waals surface area contributed by atoms with Crippen LogP contribution in [0.4, 0.5) is 4.79 Å². The first kappa shape index (κ1) is 12.7. The standard InChI is InChI=1S/C17H21N3O/c1-11-15(13-4-2-3-5-14(13)19-11)17(8-9-17)10-18-16(21)20-12-6-7-12/h2-5,12,19H,6-10H2,1H3,(H2,18,20,21). The Kier molecular flexibility index (Phi) is 2.74. The predicted molar refractivity (Wildman–Crippen MR) is 83.5 cm³/mol. The average Bonchev–Trinajstić information content (AvgIpc) is 3.37. The molecule has 0 spiro atoms.